The summed E-state index contributed by atoms with van der Waals surface area (Å²) in [6, 6.07) is 13.2. The molecule has 2 N–H and O–H groups in total. The molecule has 0 saturated carbocycles. The van der Waals surface area contributed by atoms with Crippen LogP contribution >= 0.6 is 0 Å². The molecule has 12 heteroatoms. The van der Waals surface area contributed by atoms with Crippen molar-refractivity contribution in [3.63, 3.8) is 0 Å². The lowest BCUT2D eigenvalue weighted by molar-refractivity contribution is -0.294. The number of benzene rings is 2. The third-order valence-corrected chi connectivity index (χ3v) is 12.2. The lowest BCUT2D eigenvalue weighted by Crippen LogP contribution is -2.60. The van der Waals surface area contributed by atoms with Crippen molar-refractivity contribution >= 4 is 34.7 Å². The molecular formula is C44H63N3O9. The SMILES string of the molecule is CCC1OC(=O)/C(C)=C/[C@H](C)[C@@H](O[C@@H]2O[C@H](C)C[C@H](N(C)C)[C@H]2O)[C@](C)(OC)C[C@@H](C)C(=O)[C@H](C)[C@H]2N(NC/C=C/c3cccc4ccccc34)C(=O)O[C@]12C. The van der Waals surface area contributed by atoms with Crippen LogP contribution in [-0.2, 0) is 33.3 Å². The topological polar surface area (TPSA) is 136 Å². The summed E-state index contributed by atoms with van der Waals surface area (Å²) in [6.07, 6.45) is 2.47. The molecule has 3 aliphatic heterocycles. The van der Waals surface area contributed by atoms with Crippen molar-refractivity contribution in [1.29, 1.82) is 0 Å². The first-order valence-corrected chi connectivity index (χ1v) is 20.0. The molecule has 0 aromatic heterocycles. The number of esters is 1. The van der Waals surface area contributed by atoms with Gasteiger partial charge in [-0.1, -0.05) is 88.4 Å². The van der Waals surface area contributed by atoms with E-state index in [0.29, 0.717) is 18.4 Å². The van der Waals surface area contributed by atoms with Crippen molar-refractivity contribution in [2.24, 2.45) is 17.8 Å². The van der Waals surface area contributed by atoms with Gasteiger partial charge in [-0.2, -0.15) is 0 Å². The van der Waals surface area contributed by atoms with Gasteiger partial charge in [0.15, 0.2) is 11.9 Å². The number of ketones is 1. The number of fused-ring (bicyclic) bond motifs is 2. The minimum Gasteiger partial charge on any atom is -0.455 e. The zero-order valence-electron chi connectivity index (χ0n) is 35.0. The number of aliphatic hydroxyl groups excluding tert-OH is 1. The Bertz CT molecular complexity index is 1780. The van der Waals surface area contributed by atoms with Crippen LogP contribution in [0.25, 0.3) is 16.8 Å². The van der Waals surface area contributed by atoms with E-state index < -0.39 is 71.7 Å². The van der Waals surface area contributed by atoms with E-state index in [1.54, 1.807) is 34.0 Å². The molecule has 1 unspecified atom stereocenters. The van der Waals surface area contributed by atoms with Crippen molar-refractivity contribution < 1.29 is 43.2 Å². The number of aliphatic hydroxyl groups is 1. The molecule has 0 bridgehead atoms. The third kappa shape index (κ3) is 8.90. The van der Waals surface area contributed by atoms with Crippen LogP contribution in [0.4, 0.5) is 4.79 Å². The lowest BCUT2D eigenvalue weighted by atomic mass is 9.74. The van der Waals surface area contributed by atoms with E-state index in [-0.39, 0.29) is 30.9 Å². The van der Waals surface area contributed by atoms with E-state index in [2.05, 4.69) is 23.6 Å². The number of carbonyl (C=O) groups excluding carboxylic acids is 3. The fraction of sp³-hybridized carbons (Fsp3) is 0.614. The van der Waals surface area contributed by atoms with Crippen LogP contribution in [-0.4, -0.2) is 115 Å². The molecule has 0 radical (unpaired) electrons. The van der Waals surface area contributed by atoms with Gasteiger partial charge in [0, 0.05) is 43.0 Å². The minimum atomic E-state index is -1.37. The van der Waals surface area contributed by atoms with E-state index in [1.807, 2.05) is 90.0 Å². The molecular weight excluding hydrogens is 714 g/mol. The Balaban J connectivity index is 1.49. The fourth-order valence-electron chi connectivity index (χ4n) is 9.17. The summed E-state index contributed by atoms with van der Waals surface area (Å²) in [4.78, 5) is 44.3. The number of likely N-dealkylation sites (N-methyl/N-ethyl adjacent to an activating group) is 1. The van der Waals surface area contributed by atoms with Crippen LogP contribution in [0.3, 0.4) is 0 Å². The van der Waals surface area contributed by atoms with Crippen molar-refractivity contribution in [2.75, 3.05) is 27.7 Å². The summed E-state index contributed by atoms with van der Waals surface area (Å²) in [7, 11) is 5.40. The quantitative estimate of drug-likeness (QED) is 0.278. The van der Waals surface area contributed by atoms with Crippen LogP contribution in [0.2, 0.25) is 0 Å². The van der Waals surface area contributed by atoms with E-state index in [9.17, 15) is 19.5 Å². The number of amides is 1. The molecule has 3 aliphatic rings. The highest BCUT2D eigenvalue weighted by Crippen LogP contribution is 2.42. The van der Waals surface area contributed by atoms with Crippen LogP contribution in [0.15, 0.2) is 60.2 Å². The highest BCUT2D eigenvalue weighted by Gasteiger charge is 2.60. The first-order valence-electron chi connectivity index (χ1n) is 20.0. The van der Waals surface area contributed by atoms with Gasteiger partial charge in [0.1, 0.15) is 24.0 Å². The minimum absolute atomic E-state index is 0.118. The van der Waals surface area contributed by atoms with Crippen molar-refractivity contribution in [3.8, 4) is 0 Å². The van der Waals surface area contributed by atoms with Crippen molar-refractivity contribution in [2.45, 2.75) is 129 Å². The van der Waals surface area contributed by atoms with Crippen LogP contribution in [0.5, 0.6) is 0 Å². The Morgan fingerprint density at radius 2 is 1.75 bits per heavy atom. The molecule has 0 aliphatic carbocycles. The van der Waals surface area contributed by atoms with E-state index >= 15 is 0 Å². The van der Waals surface area contributed by atoms with Gasteiger partial charge in [-0.25, -0.2) is 20.0 Å². The number of cyclic esters (lactones) is 1. The number of Topliss-reactive ketones (excluding diaryl/α,β-unsaturated/α-hetero) is 1. The zero-order chi connectivity index (χ0) is 41.1. The summed E-state index contributed by atoms with van der Waals surface area (Å²) >= 11 is 0. The molecule has 3 heterocycles. The second kappa shape index (κ2) is 17.9. The smallest absolute Gasteiger partial charge is 0.425 e. The molecule has 12 atom stereocenters. The third-order valence-electron chi connectivity index (χ3n) is 12.2. The van der Waals surface area contributed by atoms with Gasteiger partial charge in [0.2, 0.25) is 0 Å². The number of methoxy groups -OCH3 is 1. The van der Waals surface area contributed by atoms with Crippen LogP contribution in [0, 0.1) is 17.8 Å². The molecule has 5 rings (SSSR count). The summed E-state index contributed by atoms with van der Waals surface area (Å²) in [6.45, 7) is 14.9. The maximum Gasteiger partial charge on any atom is 0.425 e. The van der Waals surface area contributed by atoms with E-state index in [4.69, 9.17) is 23.7 Å². The van der Waals surface area contributed by atoms with Gasteiger partial charge < -0.3 is 33.7 Å². The van der Waals surface area contributed by atoms with Gasteiger partial charge in [-0.05, 0) is 77.4 Å². The summed E-state index contributed by atoms with van der Waals surface area (Å²) in [5, 5.41) is 15.1. The molecule has 56 heavy (non-hydrogen) atoms. The van der Waals surface area contributed by atoms with Gasteiger partial charge in [0.05, 0.1) is 17.8 Å². The molecule has 2 aromatic rings. The Morgan fingerprint density at radius 1 is 1.05 bits per heavy atom. The monoisotopic (exact) mass is 777 g/mol. The predicted octanol–water partition coefficient (Wildman–Crippen LogP) is 6.30. The largest absolute Gasteiger partial charge is 0.455 e. The maximum atomic E-state index is 14.7. The van der Waals surface area contributed by atoms with Crippen molar-refractivity contribution in [1.82, 2.24) is 15.3 Å². The molecule has 0 spiro atoms. The Hall–Kier alpha value is -3.65. The highest BCUT2D eigenvalue weighted by molar-refractivity contribution is 5.90. The molecule has 2 fully saturated rings. The number of rotatable bonds is 9. The molecule has 12 nitrogen and oxygen atoms in total. The second-order valence-electron chi connectivity index (χ2n) is 16.7. The summed E-state index contributed by atoms with van der Waals surface area (Å²) < 4.78 is 31.5. The first-order chi connectivity index (χ1) is 26.4. The Labute approximate surface area is 332 Å². The van der Waals surface area contributed by atoms with E-state index in [0.717, 1.165) is 16.3 Å². The normalized spacial score (nSPS) is 37.3. The predicted molar refractivity (Wildman–Crippen MR) is 215 cm³/mol. The maximum absolute atomic E-state index is 14.7. The molecule has 2 aromatic carbocycles. The molecule has 1 amide bonds. The first kappa shape index (κ1) is 43.5. The average Bonchev–Trinajstić information content (AvgIpc) is 3.42. The lowest BCUT2D eigenvalue weighted by Gasteiger charge is -2.46. The Kier molecular flexibility index (Phi) is 13.9. The van der Waals surface area contributed by atoms with Crippen LogP contribution < -0.4 is 5.43 Å². The molecule has 2 saturated heterocycles. The standard InChI is InChI=1S/C44H63N3O9/c1-12-35-44(8)38(47(42(51)56-44)45-22-16-20-32-19-15-18-31-17-13-14-21-33(31)32)30(6)36(48)28(4)25-43(7,52-11)39(26(2)23-27(3)40(50)54-35)55-41-37(49)34(46(9)10)24-29(5)53-41/h13-21,23,26,28-30,34-35,37-39,41,45,49H,12,22,24-25H2,1-11H3/b20-16+,27-23+/t26-,28+,29+,30-,34-,35?,37+,38+,39+,41-,43+,44+/m0/s1. The number of hydrogen-bond donors (Lipinski definition) is 2. The zero-order valence-corrected chi connectivity index (χ0v) is 35.0. The fourth-order valence-corrected chi connectivity index (χ4v) is 9.17. The number of nitrogens with one attached hydrogen (secondary N) is 1. The van der Waals surface area contributed by atoms with Crippen molar-refractivity contribution in [3.05, 3.63) is 65.8 Å². The van der Waals surface area contributed by atoms with Gasteiger partial charge in [0.25, 0.3) is 0 Å². The van der Waals surface area contributed by atoms with E-state index in [1.165, 1.54) is 5.01 Å². The number of carbonyl (C=O) groups is 3. The number of hydrazine groups is 1. The number of nitrogens with zero attached hydrogens (tertiary/aromatic N) is 2. The second-order valence-corrected chi connectivity index (χ2v) is 16.7. The number of ether oxygens (including phenoxy) is 5. The molecule has 308 valence electrons. The van der Waals surface area contributed by atoms with Crippen LogP contribution in [0.1, 0.15) is 80.2 Å². The Morgan fingerprint density at radius 3 is 2.43 bits per heavy atom. The average molecular weight is 778 g/mol. The highest BCUT2D eigenvalue weighted by atomic mass is 16.7. The number of hydrogen-bond acceptors (Lipinski definition) is 11. The summed E-state index contributed by atoms with van der Waals surface area (Å²) in [5.41, 5.74) is 2.13. The van der Waals surface area contributed by atoms with Gasteiger partial charge in [-0.15, -0.1) is 0 Å². The summed E-state index contributed by atoms with van der Waals surface area (Å²) in [5.74, 6) is -2.47. The van der Waals surface area contributed by atoms with Gasteiger partial charge in [-0.3, -0.25) is 4.79 Å². The van der Waals surface area contributed by atoms with Gasteiger partial charge >= 0.3 is 12.1 Å².